The van der Waals surface area contributed by atoms with E-state index in [1.165, 1.54) is 0 Å². The van der Waals surface area contributed by atoms with Crippen LogP contribution in [-0.4, -0.2) is 48.3 Å². The summed E-state index contributed by atoms with van der Waals surface area (Å²) in [5.41, 5.74) is 0.216. The Kier molecular flexibility index (Phi) is 4.56. The summed E-state index contributed by atoms with van der Waals surface area (Å²) in [5, 5.41) is 12.7. The van der Waals surface area contributed by atoms with E-state index >= 15 is 0 Å². The minimum absolute atomic E-state index is 0.0175. The van der Waals surface area contributed by atoms with E-state index in [9.17, 15) is 5.11 Å². The molecule has 3 heteroatoms. The molecular formula is C12H26N2O. The van der Waals surface area contributed by atoms with E-state index in [4.69, 9.17) is 0 Å². The molecule has 1 aliphatic carbocycles. The molecule has 15 heavy (non-hydrogen) atoms. The van der Waals surface area contributed by atoms with Crippen molar-refractivity contribution in [3.05, 3.63) is 0 Å². The highest BCUT2D eigenvalue weighted by Gasteiger charge is 2.27. The number of hydrogen-bond donors (Lipinski definition) is 2. The molecule has 0 amide bonds. The summed E-state index contributed by atoms with van der Waals surface area (Å²) in [6.07, 6.45) is 1.98. The second kappa shape index (κ2) is 5.28. The number of likely N-dealkylation sites (N-methyl/N-ethyl adjacent to an activating group) is 1. The van der Waals surface area contributed by atoms with Gasteiger partial charge in [-0.1, -0.05) is 0 Å². The summed E-state index contributed by atoms with van der Waals surface area (Å²) in [5.74, 6) is 0.722. The fourth-order valence-corrected chi connectivity index (χ4v) is 2.00. The van der Waals surface area contributed by atoms with Crippen LogP contribution in [-0.2, 0) is 0 Å². The quantitative estimate of drug-likeness (QED) is 0.719. The lowest BCUT2D eigenvalue weighted by Crippen LogP contribution is -2.43. The van der Waals surface area contributed by atoms with Crippen LogP contribution in [0.3, 0.4) is 0 Å². The first-order valence-electron chi connectivity index (χ1n) is 5.98. The highest BCUT2D eigenvalue weighted by molar-refractivity contribution is 4.81. The van der Waals surface area contributed by atoms with E-state index in [1.54, 1.807) is 0 Å². The van der Waals surface area contributed by atoms with Gasteiger partial charge in [-0.3, -0.25) is 0 Å². The van der Waals surface area contributed by atoms with E-state index in [1.807, 2.05) is 0 Å². The molecule has 90 valence electrons. The van der Waals surface area contributed by atoms with Crippen LogP contribution in [0.5, 0.6) is 0 Å². The minimum Gasteiger partial charge on any atom is -0.393 e. The lowest BCUT2D eigenvalue weighted by molar-refractivity contribution is 0.0284. The van der Waals surface area contributed by atoms with Gasteiger partial charge in [-0.2, -0.15) is 0 Å². The van der Waals surface area contributed by atoms with Crippen molar-refractivity contribution >= 4 is 0 Å². The molecule has 2 N–H and O–H groups in total. The molecule has 0 unspecified atom stereocenters. The van der Waals surface area contributed by atoms with Gasteiger partial charge in [0.1, 0.15) is 0 Å². The van der Waals surface area contributed by atoms with Crippen molar-refractivity contribution in [1.82, 2.24) is 10.2 Å². The van der Waals surface area contributed by atoms with Gasteiger partial charge in [-0.25, -0.2) is 0 Å². The van der Waals surface area contributed by atoms with Crippen LogP contribution in [0.25, 0.3) is 0 Å². The zero-order chi connectivity index (χ0) is 11.5. The van der Waals surface area contributed by atoms with Crippen LogP contribution in [0, 0.1) is 5.92 Å². The molecule has 1 rings (SSSR count). The third kappa shape index (κ3) is 5.50. The average molecular weight is 214 g/mol. The molecule has 0 aromatic carbocycles. The van der Waals surface area contributed by atoms with Gasteiger partial charge in [0.15, 0.2) is 0 Å². The van der Waals surface area contributed by atoms with Gasteiger partial charge in [0.05, 0.1) is 6.10 Å². The summed E-state index contributed by atoms with van der Waals surface area (Å²) >= 11 is 0. The Bertz CT molecular complexity index is 183. The van der Waals surface area contributed by atoms with Crippen molar-refractivity contribution in [2.24, 2.45) is 5.92 Å². The van der Waals surface area contributed by atoms with E-state index < -0.39 is 0 Å². The third-order valence-corrected chi connectivity index (χ3v) is 2.93. The fraction of sp³-hybridized carbons (Fsp3) is 1.00. The Balaban J connectivity index is 2.01. The lowest BCUT2D eigenvalue weighted by Gasteiger charge is -2.34. The summed E-state index contributed by atoms with van der Waals surface area (Å²) in [6, 6.07) is 0. The van der Waals surface area contributed by atoms with Gasteiger partial charge in [0, 0.05) is 25.2 Å². The topological polar surface area (TPSA) is 35.5 Å². The highest BCUT2D eigenvalue weighted by Crippen LogP contribution is 2.27. The smallest absolute Gasteiger partial charge is 0.0546 e. The monoisotopic (exact) mass is 214 g/mol. The number of nitrogens with one attached hydrogen (secondary N) is 1. The molecule has 0 aromatic heterocycles. The summed E-state index contributed by atoms with van der Waals surface area (Å²) < 4.78 is 0. The SMILES string of the molecule is CN(CCNC(C)(C)C)CC1CC(O)C1. The maximum Gasteiger partial charge on any atom is 0.0546 e. The molecular weight excluding hydrogens is 188 g/mol. The van der Waals surface area contributed by atoms with Gasteiger partial charge >= 0.3 is 0 Å². The number of rotatable bonds is 5. The number of aliphatic hydroxyl groups excluding tert-OH is 1. The number of nitrogens with zero attached hydrogens (tertiary/aromatic N) is 1. The Morgan fingerprint density at radius 1 is 1.33 bits per heavy atom. The van der Waals surface area contributed by atoms with Gasteiger partial charge in [0.25, 0.3) is 0 Å². The molecule has 0 spiro atoms. The molecule has 1 saturated carbocycles. The summed E-state index contributed by atoms with van der Waals surface area (Å²) in [7, 11) is 2.16. The van der Waals surface area contributed by atoms with Gasteiger partial charge in [-0.05, 0) is 46.6 Å². The molecule has 0 radical (unpaired) electrons. The van der Waals surface area contributed by atoms with Crippen molar-refractivity contribution in [3.63, 3.8) is 0 Å². The van der Waals surface area contributed by atoms with Gasteiger partial charge < -0.3 is 15.3 Å². The predicted molar refractivity (Wildman–Crippen MR) is 64.0 cm³/mol. The molecule has 0 bridgehead atoms. The zero-order valence-corrected chi connectivity index (χ0v) is 10.6. The predicted octanol–water partition coefficient (Wildman–Crippen LogP) is 1.08. The third-order valence-electron chi connectivity index (χ3n) is 2.93. The van der Waals surface area contributed by atoms with Crippen LogP contribution < -0.4 is 5.32 Å². The van der Waals surface area contributed by atoms with Crippen LogP contribution in [0.2, 0.25) is 0 Å². The molecule has 1 fully saturated rings. The van der Waals surface area contributed by atoms with Crippen molar-refractivity contribution in [2.75, 3.05) is 26.7 Å². The Morgan fingerprint density at radius 3 is 2.40 bits per heavy atom. The average Bonchev–Trinajstić information content (AvgIpc) is 1.98. The largest absolute Gasteiger partial charge is 0.393 e. The molecule has 0 aromatic rings. The Hall–Kier alpha value is -0.120. The zero-order valence-electron chi connectivity index (χ0n) is 10.6. The Morgan fingerprint density at radius 2 is 1.93 bits per heavy atom. The highest BCUT2D eigenvalue weighted by atomic mass is 16.3. The van der Waals surface area contributed by atoms with Crippen LogP contribution in [0.4, 0.5) is 0 Å². The molecule has 0 aliphatic heterocycles. The molecule has 0 atom stereocenters. The first kappa shape index (κ1) is 12.9. The number of aliphatic hydroxyl groups is 1. The molecule has 3 nitrogen and oxygen atoms in total. The molecule has 0 heterocycles. The van der Waals surface area contributed by atoms with Crippen molar-refractivity contribution in [2.45, 2.75) is 45.3 Å². The lowest BCUT2D eigenvalue weighted by atomic mass is 9.82. The molecule has 1 aliphatic rings. The van der Waals surface area contributed by atoms with Gasteiger partial charge in [-0.15, -0.1) is 0 Å². The Labute approximate surface area is 93.9 Å². The van der Waals surface area contributed by atoms with Crippen LogP contribution in [0.15, 0.2) is 0 Å². The fourth-order valence-electron chi connectivity index (χ4n) is 2.00. The van der Waals surface area contributed by atoms with E-state index in [0.717, 1.165) is 38.4 Å². The van der Waals surface area contributed by atoms with Crippen molar-refractivity contribution in [1.29, 1.82) is 0 Å². The summed E-state index contributed by atoms with van der Waals surface area (Å²) in [4.78, 5) is 2.36. The second-order valence-corrected chi connectivity index (χ2v) is 5.93. The van der Waals surface area contributed by atoms with Crippen molar-refractivity contribution < 1.29 is 5.11 Å². The maximum absolute atomic E-state index is 9.18. The van der Waals surface area contributed by atoms with E-state index in [2.05, 4.69) is 38.0 Å². The van der Waals surface area contributed by atoms with E-state index in [-0.39, 0.29) is 11.6 Å². The summed E-state index contributed by atoms with van der Waals surface area (Å²) in [6.45, 7) is 9.82. The van der Waals surface area contributed by atoms with Crippen LogP contribution in [0.1, 0.15) is 33.6 Å². The molecule has 0 saturated heterocycles. The maximum atomic E-state index is 9.18. The van der Waals surface area contributed by atoms with Gasteiger partial charge in [0.2, 0.25) is 0 Å². The number of hydrogen-bond acceptors (Lipinski definition) is 3. The van der Waals surface area contributed by atoms with E-state index in [0.29, 0.717) is 0 Å². The van der Waals surface area contributed by atoms with Crippen LogP contribution >= 0.6 is 0 Å². The second-order valence-electron chi connectivity index (χ2n) is 5.93. The minimum atomic E-state index is -0.0175. The first-order chi connectivity index (χ1) is 6.87. The first-order valence-corrected chi connectivity index (χ1v) is 5.98. The normalized spacial score (nSPS) is 26.8. The standard InChI is InChI=1S/C12H26N2O/c1-12(2,3)13-5-6-14(4)9-10-7-11(15)8-10/h10-11,13,15H,5-9H2,1-4H3. The van der Waals surface area contributed by atoms with Crippen molar-refractivity contribution in [3.8, 4) is 0 Å².